The predicted molar refractivity (Wildman–Crippen MR) is 96.6 cm³/mol. The minimum absolute atomic E-state index is 0.132. The number of aromatic hydroxyl groups is 1. The molecule has 0 radical (unpaired) electrons. The first-order chi connectivity index (χ1) is 11.8. The highest BCUT2D eigenvalue weighted by atomic mass is 16.6. The van der Waals surface area contributed by atoms with Gasteiger partial charge in [-0.1, -0.05) is 30.3 Å². The summed E-state index contributed by atoms with van der Waals surface area (Å²) < 4.78 is 5.56. The number of hydrogen-bond donors (Lipinski definition) is 2. The van der Waals surface area contributed by atoms with Crippen molar-refractivity contribution in [2.45, 2.75) is 32.9 Å². The molecule has 0 bridgehead atoms. The number of para-hydroxylation sites is 2. The molecule has 0 aliphatic rings. The number of H-pyrrole nitrogens is 1. The molecule has 0 atom stereocenters. The molecule has 25 heavy (non-hydrogen) atoms. The molecule has 3 rings (SSSR count). The van der Waals surface area contributed by atoms with Gasteiger partial charge in [-0.3, -0.25) is 10.00 Å². The smallest absolute Gasteiger partial charge is 0.415 e. The van der Waals surface area contributed by atoms with Gasteiger partial charge >= 0.3 is 6.09 Å². The zero-order valence-corrected chi connectivity index (χ0v) is 14.5. The number of phenols is 1. The lowest BCUT2D eigenvalue weighted by Gasteiger charge is -2.28. The number of ether oxygens (including phenoxy) is 1. The highest BCUT2D eigenvalue weighted by Crippen LogP contribution is 2.29. The van der Waals surface area contributed by atoms with Gasteiger partial charge in [0, 0.05) is 10.9 Å². The lowest BCUT2D eigenvalue weighted by molar-refractivity contribution is 0.0578. The minimum Gasteiger partial charge on any atom is -0.508 e. The van der Waals surface area contributed by atoms with Crippen LogP contribution in [0.3, 0.4) is 0 Å². The van der Waals surface area contributed by atoms with Crippen molar-refractivity contribution in [2.75, 3.05) is 4.90 Å². The van der Waals surface area contributed by atoms with Gasteiger partial charge in [0.05, 0.1) is 23.9 Å². The maximum absolute atomic E-state index is 12.8. The second-order valence-electron chi connectivity index (χ2n) is 6.81. The fraction of sp³-hybridized carbons (Fsp3) is 0.263. The Hall–Kier alpha value is -3.02. The number of carbonyl (C=O) groups excluding carboxylic acids is 1. The Morgan fingerprint density at radius 1 is 1.20 bits per heavy atom. The molecule has 2 N–H and O–H groups in total. The van der Waals surface area contributed by atoms with E-state index < -0.39 is 11.7 Å². The third-order valence-corrected chi connectivity index (χ3v) is 3.68. The van der Waals surface area contributed by atoms with Crippen LogP contribution in [0.2, 0.25) is 0 Å². The van der Waals surface area contributed by atoms with Crippen LogP contribution in [0.15, 0.2) is 48.7 Å². The number of fused-ring (bicyclic) bond motifs is 1. The van der Waals surface area contributed by atoms with Crippen LogP contribution in [0.5, 0.6) is 5.75 Å². The molecule has 1 aromatic heterocycles. The second-order valence-corrected chi connectivity index (χ2v) is 6.81. The van der Waals surface area contributed by atoms with E-state index in [2.05, 4.69) is 10.2 Å². The number of phenolic OH excluding ortho intramolecular Hbond substituents is 1. The molecular weight excluding hydrogens is 318 g/mol. The monoisotopic (exact) mass is 339 g/mol. The summed E-state index contributed by atoms with van der Waals surface area (Å²) in [4.78, 5) is 14.3. The molecule has 1 amide bonds. The van der Waals surface area contributed by atoms with E-state index in [-0.39, 0.29) is 12.3 Å². The number of rotatable bonds is 3. The highest BCUT2D eigenvalue weighted by Gasteiger charge is 2.26. The third kappa shape index (κ3) is 3.74. The molecule has 130 valence electrons. The molecule has 0 unspecified atom stereocenters. The van der Waals surface area contributed by atoms with Crippen LogP contribution in [0.4, 0.5) is 10.5 Å². The number of benzene rings is 2. The Morgan fingerprint density at radius 2 is 1.96 bits per heavy atom. The van der Waals surface area contributed by atoms with Crippen molar-refractivity contribution in [1.82, 2.24) is 10.2 Å². The first kappa shape index (κ1) is 16.8. The van der Waals surface area contributed by atoms with E-state index in [4.69, 9.17) is 4.74 Å². The van der Waals surface area contributed by atoms with E-state index in [1.54, 1.807) is 24.4 Å². The van der Waals surface area contributed by atoms with E-state index in [1.165, 1.54) is 4.90 Å². The number of aromatic nitrogens is 2. The zero-order chi connectivity index (χ0) is 18.0. The molecule has 6 heteroatoms. The normalized spacial score (nSPS) is 11.5. The average Bonchev–Trinajstić information content (AvgIpc) is 3.01. The van der Waals surface area contributed by atoms with Crippen molar-refractivity contribution < 1.29 is 14.6 Å². The fourth-order valence-electron chi connectivity index (χ4n) is 2.56. The van der Waals surface area contributed by atoms with E-state index in [0.717, 1.165) is 10.9 Å². The van der Waals surface area contributed by atoms with Crippen molar-refractivity contribution in [3.8, 4) is 5.75 Å². The molecule has 6 nitrogen and oxygen atoms in total. The second kappa shape index (κ2) is 6.47. The van der Waals surface area contributed by atoms with Gasteiger partial charge in [-0.15, -0.1) is 0 Å². The van der Waals surface area contributed by atoms with Gasteiger partial charge in [-0.25, -0.2) is 4.79 Å². The largest absolute Gasteiger partial charge is 0.508 e. The van der Waals surface area contributed by atoms with Gasteiger partial charge in [0.2, 0.25) is 0 Å². The van der Waals surface area contributed by atoms with Gasteiger partial charge in [0.15, 0.2) is 0 Å². The number of hydrogen-bond acceptors (Lipinski definition) is 4. The molecular formula is C19H21N3O3. The van der Waals surface area contributed by atoms with Gasteiger partial charge in [0.1, 0.15) is 11.4 Å². The van der Waals surface area contributed by atoms with Crippen LogP contribution in [-0.2, 0) is 11.3 Å². The molecule has 0 saturated carbocycles. The van der Waals surface area contributed by atoms with Gasteiger partial charge in [-0.05, 0) is 32.9 Å². The Labute approximate surface area is 146 Å². The Bertz CT molecular complexity index is 896. The SMILES string of the molecule is CC(C)(C)OC(=O)N(Cc1ccccc1O)c1cccc2cn[nH]c12. The maximum Gasteiger partial charge on any atom is 0.415 e. The lowest BCUT2D eigenvalue weighted by atomic mass is 10.1. The summed E-state index contributed by atoms with van der Waals surface area (Å²) in [6, 6.07) is 12.5. The van der Waals surface area contributed by atoms with E-state index in [0.29, 0.717) is 11.3 Å². The van der Waals surface area contributed by atoms with Crippen LogP contribution in [0.25, 0.3) is 10.9 Å². The van der Waals surface area contributed by atoms with Crippen molar-refractivity contribution in [3.05, 3.63) is 54.2 Å². The summed E-state index contributed by atoms with van der Waals surface area (Å²) in [7, 11) is 0. The Balaban J connectivity index is 2.04. The summed E-state index contributed by atoms with van der Waals surface area (Å²) in [6.07, 6.45) is 1.21. The van der Waals surface area contributed by atoms with Crippen LogP contribution < -0.4 is 4.90 Å². The number of nitrogens with one attached hydrogen (secondary N) is 1. The number of amides is 1. The lowest BCUT2D eigenvalue weighted by Crippen LogP contribution is -2.36. The van der Waals surface area contributed by atoms with Gasteiger partial charge < -0.3 is 9.84 Å². The fourth-order valence-corrected chi connectivity index (χ4v) is 2.56. The first-order valence-corrected chi connectivity index (χ1v) is 8.04. The molecule has 2 aromatic carbocycles. The van der Waals surface area contributed by atoms with E-state index >= 15 is 0 Å². The topological polar surface area (TPSA) is 78.4 Å². The Morgan fingerprint density at radius 3 is 2.68 bits per heavy atom. The summed E-state index contributed by atoms with van der Waals surface area (Å²) in [5, 5.41) is 18.0. The molecule has 1 heterocycles. The standard InChI is InChI=1S/C19H21N3O3/c1-19(2,3)25-18(24)22(12-14-7-4-5-10-16(14)23)15-9-6-8-13-11-20-21-17(13)15/h4-11,23H,12H2,1-3H3,(H,20,21). The molecule has 0 fully saturated rings. The molecule has 0 saturated heterocycles. The van der Waals surface area contributed by atoms with Crippen LogP contribution in [-0.4, -0.2) is 27.0 Å². The third-order valence-electron chi connectivity index (χ3n) is 3.68. The molecule has 0 aliphatic carbocycles. The number of nitrogens with zero attached hydrogens (tertiary/aromatic N) is 2. The van der Waals surface area contributed by atoms with Gasteiger partial charge in [0.25, 0.3) is 0 Å². The van der Waals surface area contributed by atoms with Crippen LogP contribution in [0, 0.1) is 0 Å². The van der Waals surface area contributed by atoms with Crippen LogP contribution >= 0.6 is 0 Å². The van der Waals surface area contributed by atoms with Crippen molar-refractivity contribution in [2.24, 2.45) is 0 Å². The average molecular weight is 339 g/mol. The van der Waals surface area contributed by atoms with Crippen LogP contribution in [0.1, 0.15) is 26.3 Å². The molecule has 0 aliphatic heterocycles. The minimum atomic E-state index is -0.629. The summed E-state index contributed by atoms with van der Waals surface area (Å²) in [6.45, 7) is 5.64. The van der Waals surface area contributed by atoms with Crippen molar-refractivity contribution in [1.29, 1.82) is 0 Å². The van der Waals surface area contributed by atoms with Crippen molar-refractivity contribution >= 4 is 22.7 Å². The number of carbonyl (C=O) groups is 1. The highest BCUT2D eigenvalue weighted by molar-refractivity contribution is 5.99. The predicted octanol–water partition coefficient (Wildman–Crippen LogP) is 4.21. The van der Waals surface area contributed by atoms with Gasteiger partial charge in [-0.2, -0.15) is 5.10 Å². The summed E-state index contributed by atoms with van der Waals surface area (Å²) >= 11 is 0. The zero-order valence-electron chi connectivity index (χ0n) is 14.5. The van der Waals surface area contributed by atoms with E-state index in [1.807, 2.05) is 45.0 Å². The Kier molecular flexibility index (Phi) is 4.35. The number of anilines is 1. The summed E-state index contributed by atoms with van der Waals surface area (Å²) in [5.74, 6) is 0.132. The quantitative estimate of drug-likeness (QED) is 0.749. The molecule has 3 aromatic rings. The molecule has 0 spiro atoms. The maximum atomic E-state index is 12.8. The first-order valence-electron chi connectivity index (χ1n) is 8.04. The summed E-state index contributed by atoms with van der Waals surface area (Å²) in [5.41, 5.74) is 1.39. The van der Waals surface area contributed by atoms with Crippen molar-refractivity contribution in [3.63, 3.8) is 0 Å². The number of aromatic amines is 1. The van der Waals surface area contributed by atoms with E-state index in [9.17, 15) is 9.90 Å².